The number of nitrogens with one attached hydrogen (secondary N) is 1. The number of sulfonamides is 1. The maximum absolute atomic E-state index is 12.7. The zero-order chi connectivity index (χ0) is 15.7. The molecule has 2 heterocycles. The Hall–Kier alpha value is -1.12. The van der Waals surface area contributed by atoms with Crippen LogP contribution in [0.4, 0.5) is 4.39 Å². The fraction of sp³-hybridized carbons (Fsp3) is 0.500. The van der Waals surface area contributed by atoms with Gasteiger partial charge in [-0.3, -0.25) is 4.79 Å². The quantitative estimate of drug-likeness (QED) is 0.890. The van der Waals surface area contributed by atoms with E-state index < -0.39 is 28.6 Å². The van der Waals surface area contributed by atoms with Crippen LogP contribution in [-0.2, 0) is 16.4 Å². The molecule has 5 nitrogen and oxygen atoms in total. The molecule has 1 fully saturated rings. The van der Waals surface area contributed by atoms with E-state index in [0.29, 0.717) is 30.6 Å². The van der Waals surface area contributed by atoms with E-state index in [9.17, 15) is 17.6 Å². The molecule has 0 radical (unpaired) electrons. The van der Waals surface area contributed by atoms with E-state index in [-0.39, 0.29) is 4.90 Å². The average Bonchev–Trinajstić information content (AvgIpc) is 2.55. The monoisotopic (exact) mass is 344 g/mol. The van der Waals surface area contributed by atoms with Crippen LogP contribution in [0.15, 0.2) is 23.1 Å². The number of halogens is 1. The number of amides is 1. The highest BCUT2D eigenvalue weighted by atomic mass is 32.2. The minimum absolute atomic E-state index is 0.131. The largest absolute Gasteiger partial charge is 0.346 e. The van der Waals surface area contributed by atoms with Gasteiger partial charge in [-0.05, 0) is 24.1 Å². The Morgan fingerprint density at radius 1 is 1.32 bits per heavy atom. The molecule has 2 aliphatic heterocycles. The van der Waals surface area contributed by atoms with E-state index in [1.807, 2.05) is 0 Å². The summed E-state index contributed by atoms with van der Waals surface area (Å²) in [6.07, 6.45) is 0.387. The molecule has 3 rings (SSSR count). The number of fused-ring (bicyclic) bond motifs is 1. The normalized spacial score (nSPS) is 23.0. The van der Waals surface area contributed by atoms with Crippen LogP contribution in [0.2, 0.25) is 0 Å². The van der Waals surface area contributed by atoms with Gasteiger partial charge >= 0.3 is 0 Å². The van der Waals surface area contributed by atoms with Gasteiger partial charge in [0.05, 0.1) is 10.9 Å². The fourth-order valence-electron chi connectivity index (χ4n) is 2.71. The van der Waals surface area contributed by atoms with Crippen molar-refractivity contribution in [1.82, 2.24) is 9.62 Å². The van der Waals surface area contributed by atoms with E-state index in [1.165, 1.54) is 16.4 Å². The number of alkyl halides is 1. The van der Waals surface area contributed by atoms with Crippen molar-refractivity contribution in [2.75, 3.05) is 31.3 Å². The van der Waals surface area contributed by atoms with Crippen LogP contribution in [0.3, 0.4) is 0 Å². The molecule has 1 N–H and O–H groups in total. The zero-order valence-corrected chi connectivity index (χ0v) is 13.6. The second-order valence-corrected chi connectivity index (χ2v) is 8.53. The third-order valence-corrected chi connectivity index (χ3v) is 6.76. The smallest absolute Gasteiger partial charge is 0.251 e. The third kappa shape index (κ3) is 2.87. The number of rotatable bonds is 3. The summed E-state index contributed by atoms with van der Waals surface area (Å²) < 4.78 is 39.4. The fourth-order valence-corrected chi connectivity index (χ4v) is 5.32. The topological polar surface area (TPSA) is 66.5 Å². The summed E-state index contributed by atoms with van der Waals surface area (Å²) in [5.41, 5.74) is 1.02. The first-order valence-corrected chi connectivity index (χ1v) is 9.69. The molecule has 0 bridgehead atoms. The van der Waals surface area contributed by atoms with Crippen LogP contribution < -0.4 is 5.32 Å². The molecule has 1 aromatic carbocycles. The lowest BCUT2D eigenvalue weighted by Crippen LogP contribution is -2.43. The summed E-state index contributed by atoms with van der Waals surface area (Å²) in [6, 6.07) is 4.03. The molecule has 0 aliphatic carbocycles. The van der Waals surface area contributed by atoms with Crippen molar-refractivity contribution in [2.24, 2.45) is 0 Å². The molecule has 1 aromatic rings. The molecule has 1 atom stereocenters. The molecule has 22 heavy (non-hydrogen) atoms. The number of carbonyl (C=O) groups is 1. The Morgan fingerprint density at radius 3 is 2.73 bits per heavy atom. The van der Waals surface area contributed by atoms with Gasteiger partial charge in [0, 0.05) is 30.2 Å². The lowest BCUT2D eigenvalue weighted by Gasteiger charge is -2.27. The molecule has 1 unspecified atom stereocenters. The van der Waals surface area contributed by atoms with Crippen LogP contribution in [0, 0.1) is 0 Å². The van der Waals surface area contributed by atoms with Gasteiger partial charge in [-0.1, -0.05) is 6.07 Å². The third-order valence-electron chi connectivity index (χ3n) is 3.92. The second kappa shape index (κ2) is 6.17. The molecule has 2 aliphatic rings. The van der Waals surface area contributed by atoms with Crippen LogP contribution in [0.1, 0.15) is 15.9 Å². The van der Waals surface area contributed by atoms with Gasteiger partial charge in [0.1, 0.15) is 6.67 Å². The first-order chi connectivity index (χ1) is 10.5. The maximum Gasteiger partial charge on any atom is 0.251 e. The van der Waals surface area contributed by atoms with Gasteiger partial charge in [0.15, 0.2) is 0 Å². The Balaban J connectivity index is 1.93. The van der Waals surface area contributed by atoms with E-state index >= 15 is 0 Å². The van der Waals surface area contributed by atoms with Gasteiger partial charge in [0.2, 0.25) is 10.0 Å². The number of thioether (sulfide) groups is 1. The molecule has 0 saturated carbocycles. The molecule has 0 aromatic heterocycles. The van der Waals surface area contributed by atoms with Gasteiger partial charge in [-0.25, -0.2) is 12.8 Å². The SMILES string of the molecule is O=C1NC(CF)Cc2ccc(S(=O)(=O)N3CCSCC3)cc21. The van der Waals surface area contributed by atoms with Crippen molar-refractivity contribution < 1.29 is 17.6 Å². The summed E-state index contributed by atoms with van der Waals surface area (Å²) in [5.74, 6) is 1.15. The summed E-state index contributed by atoms with van der Waals surface area (Å²) in [6.45, 7) is 0.344. The molecule has 8 heteroatoms. The number of hydrogen-bond donors (Lipinski definition) is 1. The van der Waals surface area contributed by atoms with Gasteiger partial charge in [-0.15, -0.1) is 0 Å². The van der Waals surface area contributed by atoms with Crippen molar-refractivity contribution in [3.05, 3.63) is 29.3 Å². The van der Waals surface area contributed by atoms with Crippen LogP contribution in [-0.4, -0.2) is 55.9 Å². The van der Waals surface area contributed by atoms with E-state index in [2.05, 4.69) is 5.32 Å². The Bertz CT molecular complexity index is 687. The summed E-state index contributed by atoms with van der Waals surface area (Å²) in [5, 5.41) is 2.55. The van der Waals surface area contributed by atoms with Crippen LogP contribution >= 0.6 is 11.8 Å². The van der Waals surface area contributed by atoms with Crippen LogP contribution in [0.5, 0.6) is 0 Å². The summed E-state index contributed by atoms with van der Waals surface area (Å²) in [4.78, 5) is 12.2. The molecular formula is C14H17FN2O3S2. The first-order valence-electron chi connectivity index (χ1n) is 7.10. The summed E-state index contributed by atoms with van der Waals surface area (Å²) >= 11 is 1.73. The average molecular weight is 344 g/mol. The molecule has 0 spiro atoms. The van der Waals surface area contributed by atoms with E-state index in [0.717, 1.165) is 11.5 Å². The van der Waals surface area contributed by atoms with Crippen molar-refractivity contribution in [3.8, 4) is 0 Å². The van der Waals surface area contributed by atoms with Crippen molar-refractivity contribution in [1.29, 1.82) is 0 Å². The minimum Gasteiger partial charge on any atom is -0.346 e. The van der Waals surface area contributed by atoms with Gasteiger partial charge in [0.25, 0.3) is 5.91 Å². The van der Waals surface area contributed by atoms with Crippen molar-refractivity contribution in [3.63, 3.8) is 0 Å². The van der Waals surface area contributed by atoms with Crippen LogP contribution in [0.25, 0.3) is 0 Å². The summed E-state index contributed by atoms with van der Waals surface area (Å²) in [7, 11) is -3.57. The highest BCUT2D eigenvalue weighted by Gasteiger charge is 2.30. The maximum atomic E-state index is 12.7. The Kier molecular flexibility index (Phi) is 4.42. The number of carbonyl (C=O) groups excluding carboxylic acids is 1. The predicted molar refractivity (Wildman–Crippen MR) is 83.5 cm³/mol. The number of benzene rings is 1. The van der Waals surface area contributed by atoms with Gasteiger partial charge < -0.3 is 5.32 Å². The minimum atomic E-state index is -3.57. The van der Waals surface area contributed by atoms with Crippen molar-refractivity contribution >= 4 is 27.7 Å². The zero-order valence-electron chi connectivity index (χ0n) is 11.9. The highest BCUT2D eigenvalue weighted by Crippen LogP contribution is 2.25. The number of hydrogen-bond acceptors (Lipinski definition) is 4. The second-order valence-electron chi connectivity index (χ2n) is 5.36. The Morgan fingerprint density at radius 2 is 2.05 bits per heavy atom. The molecule has 120 valence electrons. The Labute approximate surface area is 133 Å². The predicted octanol–water partition coefficient (Wildman–Crippen LogP) is 1.05. The lowest BCUT2D eigenvalue weighted by molar-refractivity contribution is 0.0917. The molecule has 1 amide bonds. The molecule has 1 saturated heterocycles. The van der Waals surface area contributed by atoms with E-state index in [1.54, 1.807) is 17.8 Å². The van der Waals surface area contributed by atoms with Gasteiger partial charge in [-0.2, -0.15) is 16.1 Å². The number of nitrogens with zero attached hydrogens (tertiary/aromatic N) is 1. The lowest BCUT2D eigenvalue weighted by atomic mass is 9.96. The first kappa shape index (κ1) is 15.8. The van der Waals surface area contributed by atoms with E-state index in [4.69, 9.17) is 0 Å². The van der Waals surface area contributed by atoms with Crippen molar-refractivity contribution in [2.45, 2.75) is 17.4 Å². The molecular weight excluding hydrogens is 327 g/mol. The standard InChI is InChI=1S/C14H17FN2O3S2/c15-9-11-7-10-1-2-12(8-13(10)14(18)16-11)22(19,20)17-3-5-21-6-4-17/h1-2,8,11H,3-7,9H2,(H,16,18). The highest BCUT2D eigenvalue weighted by molar-refractivity contribution is 7.99.